The molecule has 0 unspecified atom stereocenters. The van der Waals surface area contributed by atoms with Gasteiger partial charge in [0.15, 0.2) is 0 Å². The predicted octanol–water partition coefficient (Wildman–Crippen LogP) is 0.480. The van der Waals surface area contributed by atoms with E-state index in [1.165, 1.54) is 0 Å². The molecule has 0 atom stereocenters. The predicted molar refractivity (Wildman–Crippen MR) is 54.7 cm³/mol. The molecular formula is C9H17NO3S. The highest BCUT2D eigenvalue weighted by Gasteiger charge is 2.24. The molecule has 1 heterocycles. The lowest BCUT2D eigenvalue weighted by Crippen LogP contribution is -2.40. The number of sulfone groups is 1. The summed E-state index contributed by atoms with van der Waals surface area (Å²) in [6, 6.07) is 0.0672. The molecule has 1 N–H and O–H groups in total. The van der Waals surface area contributed by atoms with E-state index in [0.29, 0.717) is 19.3 Å². The summed E-state index contributed by atoms with van der Waals surface area (Å²) in [6.45, 7) is 1.95. The third-order valence-corrected chi connectivity index (χ3v) is 4.11. The Bertz CT molecular complexity index is 283. The molecule has 14 heavy (non-hydrogen) atoms. The molecule has 1 aliphatic heterocycles. The standard InChI is InChI=1S/C9H17NO3S/c1-2-3-9(11)10-8-4-6-14(12,13)7-5-8/h8H,2-7H2,1H3,(H,10,11). The first-order valence-electron chi connectivity index (χ1n) is 5.03. The maximum absolute atomic E-state index is 11.2. The Labute approximate surface area is 85.0 Å². The zero-order chi connectivity index (χ0) is 10.6. The molecule has 1 saturated heterocycles. The van der Waals surface area contributed by atoms with Crippen LogP contribution >= 0.6 is 0 Å². The van der Waals surface area contributed by atoms with Crippen molar-refractivity contribution in [3.8, 4) is 0 Å². The van der Waals surface area contributed by atoms with Gasteiger partial charge in [-0.2, -0.15) is 0 Å². The number of carbonyl (C=O) groups is 1. The molecule has 0 radical (unpaired) electrons. The van der Waals surface area contributed by atoms with Gasteiger partial charge in [0, 0.05) is 12.5 Å². The van der Waals surface area contributed by atoms with Crippen molar-refractivity contribution in [2.75, 3.05) is 11.5 Å². The number of rotatable bonds is 3. The normalized spacial score (nSPS) is 21.8. The highest BCUT2D eigenvalue weighted by molar-refractivity contribution is 7.91. The van der Waals surface area contributed by atoms with E-state index >= 15 is 0 Å². The van der Waals surface area contributed by atoms with Gasteiger partial charge in [-0.15, -0.1) is 0 Å². The summed E-state index contributed by atoms with van der Waals surface area (Å²) >= 11 is 0. The fourth-order valence-electron chi connectivity index (χ4n) is 1.56. The number of hydrogen-bond acceptors (Lipinski definition) is 3. The Morgan fingerprint density at radius 2 is 1.93 bits per heavy atom. The molecule has 0 aromatic heterocycles. The zero-order valence-corrected chi connectivity index (χ0v) is 9.27. The highest BCUT2D eigenvalue weighted by Crippen LogP contribution is 2.12. The van der Waals surface area contributed by atoms with Crippen LogP contribution in [0.25, 0.3) is 0 Å². The lowest BCUT2D eigenvalue weighted by atomic mass is 10.1. The van der Waals surface area contributed by atoms with Gasteiger partial charge >= 0.3 is 0 Å². The quantitative estimate of drug-likeness (QED) is 0.751. The van der Waals surface area contributed by atoms with Crippen molar-refractivity contribution in [1.82, 2.24) is 5.32 Å². The van der Waals surface area contributed by atoms with Crippen LogP contribution in [0.2, 0.25) is 0 Å². The molecule has 1 amide bonds. The SMILES string of the molecule is CCCC(=O)NC1CCS(=O)(=O)CC1. The maximum Gasteiger partial charge on any atom is 0.220 e. The van der Waals surface area contributed by atoms with Crippen LogP contribution in [0.1, 0.15) is 32.6 Å². The van der Waals surface area contributed by atoms with E-state index in [1.54, 1.807) is 0 Å². The molecular weight excluding hydrogens is 202 g/mol. The van der Waals surface area contributed by atoms with Gasteiger partial charge in [-0.1, -0.05) is 6.92 Å². The van der Waals surface area contributed by atoms with Crippen LogP contribution in [-0.2, 0) is 14.6 Å². The smallest absolute Gasteiger partial charge is 0.220 e. The van der Waals surface area contributed by atoms with Gasteiger partial charge in [0.25, 0.3) is 0 Å². The summed E-state index contributed by atoms with van der Waals surface area (Å²) < 4.78 is 22.2. The van der Waals surface area contributed by atoms with Crippen molar-refractivity contribution < 1.29 is 13.2 Å². The molecule has 1 aliphatic rings. The van der Waals surface area contributed by atoms with Crippen LogP contribution in [0, 0.1) is 0 Å². The van der Waals surface area contributed by atoms with E-state index in [-0.39, 0.29) is 23.5 Å². The van der Waals surface area contributed by atoms with E-state index in [1.807, 2.05) is 6.92 Å². The highest BCUT2D eigenvalue weighted by atomic mass is 32.2. The second-order valence-electron chi connectivity index (χ2n) is 3.74. The lowest BCUT2D eigenvalue weighted by molar-refractivity contribution is -0.121. The number of carbonyl (C=O) groups excluding carboxylic acids is 1. The number of nitrogens with one attached hydrogen (secondary N) is 1. The monoisotopic (exact) mass is 219 g/mol. The fraction of sp³-hybridized carbons (Fsp3) is 0.889. The van der Waals surface area contributed by atoms with Gasteiger partial charge < -0.3 is 5.32 Å². The number of amides is 1. The summed E-state index contributed by atoms with van der Waals surface area (Å²) in [4.78, 5) is 11.2. The van der Waals surface area contributed by atoms with E-state index in [4.69, 9.17) is 0 Å². The topological polar surface area (TPSA) is 63.2 Å². The molecule has 0 saturated carbocycles. The average molecular weight is 219 g/mol. The van der Waals surface area contributed by atoms with Gasteiger partial charge in [0.2, 0.25) is 5.91 Å². The van der Waals surface area contributed by atoms with E-state index in [0.717, 1.165) is 6.42 Å². The Morgan fingerprint density at radius 1 is 1.36 bits per heavy atom. The molecule has 0 aromatic rings. The van der Waals surface area contributed by atoms with Gasteiger partial charge in [-0.25, -0.2) is 8.42 Å². The maximum atomic E-state index is 11.2. The van der Waals surface area contributed by atoms with Crippen LogP contribution in [0.3, 0.4) is 0 Å². The summed E-state index contributed by atoms with van der Waals surface area (Å²) in [6.07, 6.45) is 2.50. The molecule has 1 rings (SSSR count). The summed E-state index contributed by atoms with van der Waals surface area (Å²) in [7, 11) is -2.82. The first-order chi connectivity index (χ1) is 6.53. The Morgan fingerprint density at radius 3 is 2.43 bits per heavy atom. The van der Waals surface area contributed by atoms with E-state index < -0.39 is 9.84 Å². The molecule has 0 bridgehead atoms. The van der Waals surface area contributed by atoms with Crippen LogP contribution in [0.4, 0.5) is 0 Å². The van der Waals surface area contributed by atoms with Gasteiger partial charge in [-0.3, -0.25) is 4.79 Å². The molecule has 5 heteroatoms. The van der Waals surface area contributed by atoms with Gasteiger partial charge in [0.1, 0.15) is 9.84 Å². The van der Waals surface area contributed by atoms with Crippen LogP contribution in [0.5, 0.6) is 0 Å². The Hall–Kier alpha value is -0.580. The number of hydrogen-bond donors (Lipinski definition) is 1. The molecule has 0 aliphatic carbocycles. The minimum absolute atomic E-state index is 0.0387. The Kier molecular flexibility index (Phi) is 3.92. The van der Waals surface area contributed by atoms with Crippen molar-refractivity contribution in [3.05, 3.63) is 0 Å². The lowest BCUT2D eigenvalue weighted by Gasteiger charge is -2.22. The molecule has 0 aromatic carbocycles. The molecule has 1 fully saturated rings. The fourth-order valence-corrected chi connectivity index (χ4v) is 3.05. The van der Waals surface area contributed by atoms with E-state index in [2.05, 4.69) is 5.32 Å². The van der Waals surface area contributed by atoms with Gasteiger partial charge in [-0.05, 0) is 19.3 Å². The summed E-state index contributed by atoms with van der Waals surface area (Å²) in [5, 5.41) is 2.85. The first kappa shape index (κ1) is 11.5. The third-order valence-electron chi connectivity index (χ3n) is 2.40. The van der Waals surface area contributed by atoms with Crippen LogP contribution in [-0.4, -0.2) is 31.9 Å². The minimum Gasteiger partial charge on any atom is -0.353 e. The van der Waals surface area contributed by atoms with Crippen molar-refractivity contribution in [3.63, 3.8) is 0 Å². The van der Waals surface area contributed by atoms with Crippen molar-refractivity contribution in [2.45, 2.75) is 38.6 Å². The summed E-state index contributed by atoms with van der Waals surface area (Å²) in [5.74, 6) is 0.463. The molecule has 0 spiro atoms. The minimum atomic E-state index is -2.82. The molecule has 4 nitrogen and oxygen atoms in total. The second-order valence-corrected chi connectivity index (χ2v) is 6.05. The third kappa shape index (κ3) is 3.65. The molecule has 82 valence electrons. The van der Waals surface area contributed by atoms with E-state index in [9.17, 15) is 13.2 Å². The zero-order valence-electron chi connectivity index (χ0n) is 8.45. The second kappa shape index (κ2) is 4.77. The summed E-state index contributed by atoms with van der Waals surface area (Å²) in [5.41, 5.74) is 0. The van der Waals surface area contributed by atoms with Crippen LogP contribution < -0.4 is 5.32 Å². The largest absolute Gasteiger partial charge is 0.353 e. The average Bonchev–Trinajstić information content (AvgIpc) is 2.09. The van der Waals surface area contributed by atoms with Crippen LogP contribution in [0.15, 0.2) is 0 Å². The van der Waals surface area contributed by atoms with Crippen molar-refractivity contribution >= 4 is 15.7 Å². The Balaban J connectivity index is 2.32. The van der Waals surface area contributed by atoms with Crippen molar-refractivity contribution in [2.24, 2.45) is 0 Å². The first-order valence-corrected chi connectivity index (χ1v) is 6.85. The van der Waals surface area contributed by atoms with Gasteiger partial charge in [0.05, 0.1) is 11.5 Å². The van der Waals surface area contributed by atoms with Crippen molar-refractivity contribution in [1.29, 1.82) is 0 Å².